The molecule has 31 heavy (non-hydrogen) atoms. The molecule has 0 amide bonds. The Morgan fingerprint density at radius 1 is 1.00 bits per heavy atom. The van der Waals surface area contributed by atoms with E-state index in [1.54, 1.807) is 0 Å². The fourth-order valence-corrected chi connectivity index (χ4v) is 3.99. The number of nitrogens with zero attached hydrogens (tertiary/aromatic N) is 3. The summed E-state index contributed by atoms with van der Waals surface area (Å²) in [6, 6.07) is 19.9. The van der Waals surface area contributed by atoms with Gasteiger partial charge in [-0.2, -0.15) is 5.10 Å². The highest BCUT2D eigenvalue weighted by molar-refractivity contribution is 5.27. The normalized spacial score (nSPS) is 19.3. The maximum absolute atomic E-state index is 11.0. The summed E-state index contributed by atoms with van der Waals surface area (Å²) in [5.41, 5.74) is 1.41. The van der Waals surface area contributed by atoms with Crippen LogP contribution in [0.4, 0.5) is 0 Å². The van der Waals surface area contributed by atoms with E-state index in [1.165, 1.54) is 5.56 Å². The lowest BCUT2D eigenvalue weighted by Gasteiger charge is -2.39. The van der Waals surface area contributed by atoms with Gasteiger partial charge in [-0.05, 0) is 62.2 Å². The van der Waals surface area contributed by atoms with Crippen molar-refractivity contribution in [1.29, 1.82) is 0 Å². The average molecular weight is 422 g/mol. The number of likely N-dealkylation sites (tertiary alicyclic amines) is 1. The van der Waals surface area contributed by atoms with Crippen LogP contribution >= 0.6 is 0 Å². The van der Waals surface area contributed by atoms with Gasteiger partial charge < -0.3 is 14.6 Å². The van der Waals surface area contributed by atoms with E-state index in [9.17, 15) is 5.11 Å². The Labute approximate surface area is 184 Å². The summed E-state index contributed by atoms with van der Waals surface area (Å²) in [5.74, 6) is 1.66. The van der Waals surface area contributed by atoms with Gasteiger partial charge in [-0.1, -0.05) is 30.3 Å². The van der Waals surface area contributed by atoms with Gasteiger partial charge in [0.25, 0.3) is 0 Å². The number of rotatable bonds is 9. The van der Waals surface area contributed by atoms with E-state index >= 15 is 0 Å². The Bertz CT molecular complexity index is 942. The summed E-state index contributed by atoms with van der Waals surface area (Å²) in [4.78, 5) is 2.30. The number of aryl methyl sites for hydroxylation is 1. The van der Waals surface area contributed by atoms with Crippen LogP contribution in [-0.4, -0.2) is 51.7 Å². The molecule has 3 aromatic rings. The molecule has 0 saturated carbocycles. The Kier molecular flexibility index (Phi) is 6.89. The third-order valence-corrected chi connectivity index (χ3v) is 5.58. The van der Waals surface area contributed by atoms with Gasteiger partial charge in [0.15, 0.2) is 0 Å². The van der Waals surface area contributed by atoms with Crippen LogP contribution in [0.25, 0.3) is 0 Å². The number of piperidine rings is 1. The summed E-state index contributed by atoms with van der Waals surface area (Å²) < 4.78 is 13.6. The minimum Gasteiger partial charge on any atom is -0.492 e. The first kappa shape index (κ1) is 21.4. The Balaban J connectivity index is 1.24. The molecule has 2 aromatic carbocycles. The first-order valence-electron chi connectivity index (χ1n) is 10.9. The second-order valence-corrected chi connectivity index (χ2v) is 8.35. The van der Waals surface area contributed by atoms with Gasteiger partial charge in [0.2, 0.25) is 0 Å². The molecule has 1 aliphatic rings. The summed E-state index contributed by atoms with van der Waals surface area (Å²) in [6.07, 6.45) is 3.69. The van der Waals surface area contributed by atoms with E-state index in [0.717, 1.165) is 49.7 Å². The van der Waals surface area contributed by atoms with Crippen LogP contribution < -0.4 is 9.47 Å². The molecule has 164 valence electrons. The monoisotopic (exact) mass is 421 g/mol. The molecule has 1 aromatic heterocycles. The molecule has 1 aliphatic heterocycles. The van der Waals surface area contributed by atoms with E-state index in [0.29, 0.717) is 19.8 Å². The van der Waals surface area contributed by atoms with Crippen molar-refractivity contribution in [3.63, 3.8) is 0 Å². The third-order valence-electron chi connectivity index (χ3n) is 5.58. The number of hydrogen-bond acceptors (Lipinski definition) is 5. The van der Waals surface area contributed by atoms with Crippen molar-refractivity contribution >= 4 is 0 Å². The second-order valence-electron chi connectivity index (χ2n) is 8.35. The van der Waals surface area contributed by atoms with Crippen molar-refractivity contribution in [1.82, 2.24) is 14.7 Å². The van der Waals surface area contributed by atoms with Crippen LogP contribution in [0.15, 0.2) is 66.9 Å². The van der Waals surface area contributed by atoms with Gasteiger partial charge in [-0.15, -0.1) is 0 Å². The molecule has 6 heteroatoms. The van der Waals surface area contributed by atoms with Gasteiger partial charge in [0.1, 0.15) is 30.3 Å². The second kappa shape index (κ2) is 9.98. The largest absolute Gasteiger partial charge is 0.492 e. The molecule has 1 fully saturated rings. The zero-order chi connectivity index (χ0) is 21.5. The van der Waals surface area contributed by atoms with Crippen molar-refractivity contribution in [2.75, 3.05) is 26.3 Å². The fraction of sp³-hybridized carbons (Fsp3) is 0.400. The fourth-order valence-electron chi connectivity index (χ4n) is 3.99. The predicted octanol–water partition coefficient (Wildman–Crippen LogP) is 3.68. The maximum atomic E-state index is 11.0. The van der Waals surface area contributed by atoms with E-state index in [4.69, 9.17) is 9.47 Å². The number of hydrogen-bond donors (Lipinski definition) is 1. The summed E-state index contributed by atoms with van der Waals surface area (Å²) in [5, 5.41) is 15.4. The number of benzene rings is 2. The quantitative estimate of drug-likeness (QED) is 0.571. The molecule has 2 heterocycles. The lowest BCUT2D eigenvalue weighted by Crippen LogP contribution is -2.51. The molecule has 0 bridgehead atoms. The molecule has 1 N–H and O–H groups in total. The smallest absolute Gasteiger partial charge is 0.119 e. The summed E-state index contributed by atoms with van der Waals surface area (Å²) in [6.45, 7) is 6.01. The first-order chi connectivity index (χ1) is 15.1. The molecule has 0 unspecified atom stereocenters. The molecule has 6 nitrogen and oxygen atoms in total. The molecule has 0 radical (unpaired) electrons. The number of aliphatic hydroxyl groups is 1. The van der Waals surface area contributed by atoms with Crippen molar-refractivity contribution < 1.29 is 14.6 Å². The summed E-state index contributed by atoms with van der Waals surface area (Å²) in [7, 11) is 0. The molecule has 1 saturated heterocycles. The van der Waals surface area contributed by atoms with E-state index in [2.05, 4.69) is 22.1 Å². The first-order valence-corrected chi connectivity index (χ1v) is 10.9. The van der Waals surface area contributed by atoms with Crippen molar-refractivity contribution in [2.24, 2.45) is 0 Å². The number of ether oxygens (including phenoxy) is 2. The Morgan fingerprint density at radius 3 is 2.52 bits per heavy atom. The molecule has 1 atom stereocenters. The van der Waals surface area contributed by atoms with Crippen LogP contribution in [0.2, 0.25) is 0 Å². The minimum absolute atomic E-state index is 0.316. The number of aromatic nitrogens is 2. The van der Waals surface area contributed by atoms with E-state index < -0.39 is 5.60 Å². The molecule has 4 rings (SSSR count). The zero-order valence-electron chi connectivity index (χ0n) is 18.1. The predicted molar refractivity (Wildman–Crippen MR) is 120 cm³/mol. The lowest BCUT2D eigenvalue weighted by atomic mass is 9.93. The third kappa shape index (κ3) is 6.32. The summed E-state index contributed by atoms with van der Waals surface area (Å²) >= 11 is 0. The van der Waals surface area contributed by atoms with Crippen molar-refractivity contribution in [3.8, 4) is 11.5 Å². The van der Waals surface area contributed by atoms with E-state index in [-0.39, 0.29) is 0 Å². The van der Waals surface area contributed by atoms with Gasteiger partial charge in [-0.3, -0.25) is 9.58 Å². The van der Waals surface area contributed by atoms with Crippen LogP contribution in [0, 0.1) is 6.92 Å². The zero-order valence-corrected chi connectivity index (χ0v) is 18.1. The average Bonchev–Trinajstić information content (AvgIpc) is 3.19. The number of para-hydroxylation sites is 1. The van der Waals surface area contributed by atoms with Crippen molar-refractivity contribution in [3.05, 3.63) is 78.1 Å². The van der Waals surface area contributed by atoms with Crippen LogP contribution in [0.3, 0.4) is 0 Å². The molecule has 0 aliphatic carbocycles. The SMILES string of the molecule is Cc1ccn(CCOc2ccc(CN3CCC[C@@](O)(COc4ccccc4)C3)cc2)n1. The molecule has 0 spiro atoms. The van der Waals surface area contributed by atoms with Gasteiger partial charge in [-0.25, -0.2) is 0 Å². The van der Waals surface area contributed by atoms with Crippen LogP contribution in [-0.2, 0) is 13.1 Å². The topological polar surface area (TPSA) is 59.8 Å². The lowest BCUT2D eigenvalue weighted by molar-refractivity contribution is -0.0621. The van der Waals surface area contributed by atoms with Crippen molar-refractivity contribution in [2.45, 2.75) is 38.5 Å². The Morgan fingerprint density at radius 2 is 1.77 bits per heavy atom. The highest BCUT2D eigenvalue weighted by atomic mass is 16.5. The van der Waals surface area contributed by atoms with Crippen LogP contribution in [0.5, 0.6) is 11.5 Å². The van der Waals surface area contributed by atoms with Gasteiger partial charge in [0.05, 0.1) is 12.2 Å². The van der Waals surface area contributed by atoms with Gasteiger partial charge >= 0.3 is 0 Å². The highest BCUT2D eigenvalue weighted by Crippen LogP contribution is 2.24. The van der Waals surface area contributed by atoms with E-state index in [1.807, 2.05) is 66.3 Å². The number of β-amino-alcohol motifs (C(OH)–C–C–N with tert-alkyl or cyclic N) is 1. The minimum atomic E-state index is -0.817. The highest BCUT2D eigenvalue weighted by Gasteiger charge is 2.34. The van der Waals surface area contributed by atoms with Crippen LogP contribution in [0.1, 0.15) is 24.1 Å². The maximum Gasteiger partial charge on any atom is 0.119 e. The molecular weight excluding hydrogens is 390 g/mol. The van der Waals surface area contributed by atoms with Gasteiger partial charge in [0, 0.05) is 19.3 Å². The molecular formula is C25H31N3O3. The Hall–Kier alpha value is -2.83. The standard InChI is InChI=1S/C25H31N3O3/c1-21-12-15-28(26-21)16-17-30-24-10-8-22(9-11-24)18-27-14-5-13-25(29,19-27)20-31-23-6-3-2-4-7-23/h2-4,6-12,15,29H,5,13-14,16-20H2,1H3/t25-/m0/s1.